The minimum absolute atomic E-state index is 0. The third kappa shape index (κ3) is 4.66. The van der Waals surface area contributed by atoms with Crippen molar-refractivity contribution in [3.8, 4) is 0 Å². The van der Waals surface area contributed by atoms with Crippen molar-refractivity contribution in [2.45, 2.75) is 19.3 Å². The summed E-state index contributed by atoms with van der Waals surface area (Å²) in [5.74, 6) is 0.218. The standard InChI is InChI=1S/C12H20N2O2.ClH/c15-12(11-2-1-7-16-9-11)14-8-10-3-5-13-6-4-10;/h3,11,13H,1-2,4-9H2,(H,14,15);1H. The second-order valence-corrected chi connectivity index (χ2v) is 4.45. The van der Waals surface area contributed by atoms with Crippen molar-refractivity contribution < 1.29 is 9.53 Å². The van der Waals surface area contributed by atoms with Gasteiger partial charge in [-0.15, -0.1) is 12.4 Å². The maximum atomic E-state index is 11.8. The molecule has 0 bridgehead atoms. The van der Waals surface area contributed by atoms with Crippen LogP contribution in [0.2, 0.25) is 0 Å². The van der Waals surface area contributed by atoms with Crippen molar-refractivity contribution in [2.75, 3.05) is 32.8 Å². The first-order valence-corrected chi connectivity index (χ1v) is 6.10. The summed E-state index contributed by atoms with van der Waals surface area (Å²) in [4.78, 5) is 11.8. The lowest BCUT2D eigenvalue weighted by Crippen LogP contribution is -2.37. The van der Waals surface area contributed by atoms with Crippen molar-refractivity contribution in [2.24, 2.45) is 5.92 Å². The van der Waals surface area contributed by atoms with Crippen LogP contribution in [0.5, 0.6) is 0 Å². The molecule has 5 heteroatoms. The molecule has 0 radical (unpaired) electrons. The zero-order valence-corrected chi connectivity index (χ0v) is 10.9. The fourth-order valence-corrected chi connectivity index (χ4v) is 2.12. The molecule has 2 rings (SSSR count). The topological polar surface area (TPSA) is 50.4 Å². The number of nitrogens with one attached hydrogen (secondary N) is 2. The number of rotatable bonds is 3. The lowest BCUT2D eigenvalue weighted by molar-refractivity contribution is -0.128. The molecule has 17 heavy (non-hydrogen) atoms. The first kappa shape index (κ1) is 14.5. The summed E-state index contributed by atoms with van der Waals surface area (Å²) in [6, 6.07) is 0. The molecule has 2 heterocycles. The van der Waals surface area contributed by atoms with Gasteiger partial charge in [-0.05, 0) is 25.8 Å². The molecule has 1 amide bonds. The Labute approximate surface area is 109 Å². The molecule has 2 aliphatic heterocycles. The van der Waals surface area contributed by atoms with E-state index >= 15 is 0 Å². The van der Waals surface area contributed by atoms with Crippen LogP contribution in [0.25, 0.3) is 0 Å². The van der Waals surface area contributed by atoms with Crippen molar-refractivity contribution >= 4 is 18.3 Å². The number of hydrogen-bond donors (Lipinski definition) is 2. The summed E-state index contributed by atoms with van der Waals surface area (Å²) in [7, 11) is 0. The first-order chi connectivity index (χ1) is 7.86. The van der Waals surface area contributed by atoms with Crippen molar-refractivity contribution in [3.63, 3.8) is 0 Å². The van der Waals surface area contributed by atoms with Crippen LogP contribution in [0.15, 0.2) is 11.6 Å². The third-order valence-electron chi connectivity index (χ3n) is 3.18. The minimum atomic E-state index is 0. The van der Waals surface area contributed by atoms with Gasteiger partial charge in [0.05, 0.1) is 12.5 Å². The molecule has 2 aliphatic rings. The molecule has 2 N–H and O–H groups in total. The predicted molar refractivity (Wildman–Crippen MR) is 69.4 cm³/mol. The van der Waals surface area contributed by atoms with Crippen LogP contribution < -0.4 is 10.6 Å². The highest BCUT2D eigenvalue weighted by Gasteiger charge is 2.21. The molecule has 4 nitrogen and oxygen atoms in total. The largest absolute Gasteiger partial charge is 0.381 e. The highest BCUT2D eigenvalue weighted by Crippen LogP contribution is 2.13. The molecule has 1 saturated heterocycles. The van der Waals surface area contributed by atoms with Gasteiger partial charge in [0.25, 0.3) is 0 Å². The maximum Gasteiger partial charge on any atom is 0.225 e. The summed E-state index contributed by atoms with van der Waals surface area (Å²) in [6.07, 6.45) is 5.18. The monoisotopic (exact) mass is 260 g/mol. The Bertz CT molecular complexity index is 276. The van der Waals surface area contributed by atoms with E-state index in [4.69, 9.17) is 4.74 Å². The summed E-state index contributed by atoms with van der Waals surface area (Å²) in [5.41, 5.74) is 1.34. The highest BCUT2D eigenvalue weighted by molar-refractivity contribution is 5.85. The summed E-state index contributed by atoms with van der Waals surface area (Å²) in [6.45, 7) is 4.05. The Morgan fingerprint density at radius 1 is 1.59 bits per heavy atom. The van der Waals surface area contributed by atoms with E-state index in [2.05, 4.69) is 16.7 Å². The van der Waals surface area contributed by atoms with Crippen LogP contribution in [0, 0.1) is 5.92 Å². The second kappa shape index (κ2) is 7.69. The summed E-state index contributed by atoms with van der Waals surface area (Å²) >= 11 is 0. The second-order valence-electron chi connectivity index (χ2n) is 4.45. The number of ether oxygens (including phenoxy) is 1. The quantitative estimate of drug-likeness (QED) is 0.741. The van der Waals surface area contributed by atoms with Gasteiger partial charge in [0.15, 0.2) is 0 Å². The number of halogens is 1. The zero-order chi connectivity index (χ0) is 11.2. The minimum Gasteiger partial charge on any atom is -0.381 e. The SMILES string of the molecule is Cl.O=C(NCC1=CCNCC1)C1CCCOC1. The zero-order valence-electron chi connectivity index (χ0n) is 10.0. The van der Waals surface area contributed by atoms with E-state index < -0.39 is 0 Å². The Morgan fingerprint density at radius 3 is 3.12 bits per heavy atom. The van der Waals surface area contributed by atoms with Gasteiger partial charge in [0.1, 0.15) is 0 Å². The van der Waals surface area contributed by atoms with Gasteiger partial charge in [-0.1, -0.05) is 11.6 Å². The molecule has 0 saturated carbocycles. The van der Waals surface area contributed by atoms with Crippen LogP contribution in [0.3, 0.4) is 0 Å². The van der Waals surface area contributed by atoms with E-state index in [1.54, 1.807) is 0 Å². The van der Waals surface area contributed by atoms with Crippen LogP contribution in [0.4, 0.5) is 0 Å². The number of carbonyl (C=O) groups is 1. The molecule has 0 aliphatic carbocycles. The van der Waals surface area contributed by atoms with E-state index in [9.17, 15) is 4.79 Å². The van der Waals surface area contributed by atoms with Crippen LogP contribution in [-0.2, 0) is 9.53 Å². The lowest BCUT2D eigenvalue weighted by atomic mass is 10.0. The maximum absolute atomic E-state index is 11.8. The molecule has 0 aromatic rings. The number of hydrogen-bond acceptors (Lipinski definition) is 3. The van der Waals surface area contributed by atoms with Crippen molar-refractivity contribution in [1.82, 2.24) is 10.6 Å². The predicted octanol–water partition coefficient (Wildman–Crippen LogP) is 0.871. The van der Waals surface area contributed by atoms with E-state index in [0.29, 0.717) is 13.2 Å². The van der Waals surface area contributed by atoms with Crippen LogP contribution in [0.1, 0.15) is 19.3 Å². The molecule has 0 aromatic carbocycles. The van der Waals surface area contributed by atoms with E-state index in [-0.39, 0.29) is 24.2 Å². The number of carbonyl (C=O) groups excluding carboxylic acids is 1. The van der Waals surface area contributed by atoms with Gasteiger partial charge in [0.2, 0.25) is 5.91 Å². The molecule has 1 fully saturated rings. The molecule has 1 atom stereocenters. The molecule has 98 valence electrons. The van der Waals surface area contributed by atoms with Gasteiger partial charge < -0.3 is 15.4 Å². The first-order valence-electron chi connectivity index (χ1n) is 6.10. The Kier molecular flexibility index (Phi) is 6.55. The molecule has 1 unspecified atom stereocenters. The average molecular weight is 261 g/mol. The summed E-state index contributed by atoms with van der Waals surface area (Å²) in [5, 5.41) is 6.26. The Morgan fingerprint density at radius 2 is 2.47 bits per heavy atom. The molecule has 0 aromatic heterocycles. The van der Waals surface area contributed by atoms with E-state index in [1.807, 2.05) is 0 Å². The molecule has 0 spiro atoms. The fraction of sp³-hybridized carbons (Fsp3) is 0.750. The smallest absolute Gasteiger partial charge is 0.225 e. The van der Waals surface area contributed by atoms with E-state index in [0.717, 1.165) is 39.0 Å². The van der Waals surface area contributed by atoms with Gasteiger partial charge in [-0.25, -0.2) is 0 Å². The third-order valence-corrected chi connectivity index (χ3v) is 3.18. The van der Waals surface area contributed by atoms with Gasteiger partial charge in [0, 0.05) is 19.7 Å². The lowest BCUT2D eigenvalue weighted by Gasteiger charge is -2.22. The fourth-order valence-electron chi connectivity index (χ4n) is 2.12. The van der Waals surface area contributed by atoms with Crippen molar-refractivity contribution in [1.29, 1.82) is 0 Å². The van der Waals surface area contributed by atoms with Crippen LogP contribution in [-0.4, -0.2) is 38.8 Å². The van der Waals surface area contributed by atoms with Gasteiger partial charge >= 0.3 is 0 Å². The van der Waals surface area contributed by atoms with Crippen molar-refractivity contribution in [3.05, 3.63) is 11.6 Å². The van der Waals surface area contributed by atoms with Crippen LogP contribution >= 0.6 is 12.4 Å². The highest BCUT2D eigenvalue weighted by atomic mass is 35.5. The average Bonchev–Trinajstić information content (AvgIpc) is 2.38. The Balaban J connectivity index is 0.00000144. The van der Waals surface area contributed by atoms with E-state index in [1.165, 1.54) is 5.57 Å². The molecular formula is C12H21ClN2O2. The Hall–Kier alpha value is -0.580. The van der Waals surface area contributed by atoms with Gasteiger partial charge in [-0.2, -0.15) is 0 Å². The number of amides is 1. The normalized spacial score (nSPS) is 24.5. The van der Waals surface area contributed by atoms with Gasteiger partial charge in [-0.3, -0.25) is 4.79 Å². The summed E-state index contributed by atoms with van der Waals surface area (Å²) < 4.78 is 5.31. The molecular weight excluding hydrogens is 240 g/mol.